The number of hydrogen-bond donors (Lipinski definition) is 1. The summed E-state index contributed by atoms with van der Waals surface area (Å²) in [7, 11) is 1.96. The van der Waals surface area contributed by atoms with E-state index in [-0.39, 0.29) is 0 Å². The molecule has 96 valence electrons. The molecule has 0 radical (unpaired) electrons. The molecule has 1 heterocycles. The zero-order chi connectivity index (χ0) is 12.6. The summed E-state index contributed by atoms with van der Waals surface area (Å²) in [4.78, 5) is 0. The Kier molecular flexibility index (Phi) is 4.78. The minimum absolute atomic E-state index is 0.586. The second kappa shape index (κ2) is 6.81. The van der Waals surface area contributed by atoms with Crippen molar-refractivity contribution in [3.63, 3.8) is 0 Å². The van der Waals surface area contributed by atoms with Crippen LogP contribution < -0.4 is 10.1 Å². The molecule has 0 amide bonds. The molecule has 0 aliphatic heterocycles. The predicted molar refractivity (Wildman–Crippen MR) is 71.5 cm³/mol. The molecule has 0 atom stereocenters. The molecule has 0 saturated carbocycles. The van der Waals surface area contributed by atoms with Crippen molar-refractivity contribution in [2.45, 2.75) is 19.6 Å². The Bertz CT molecular complexity index is 453. The fourth-order valence-electron chi connectivity index (χ4n) is 1.70. The number of nitrogens with one attached hydrogen (secondary N) is 1. The summed E-state index contributed by atoms with van der Waals surface area (Å²) in [6.45, 7) is 2.50. The van der Waals surface area contributed by atoms with E-state index >= 15 is 0 Å². The first-order valence-electron chi connectivity index (χ1n) is 6.22. The van der Waals surface area contributed by atoms with Crippen LogP contribution in [0.15, 0.2) is 42.7 Å². The maximum absolute atomic E-state index is 5.68. The lowest BCUT2D eigenvalue weighted by molar-refractivity contribution is 0.305. The summed E-state index contributed by atoms with van der Waals surface area (Å²) in [5.41, 5.74) is 1.17. The quantitative estimate of drug-likeness (QED) is 0.759. The Morgan fingerprint density at radius 2 is 2.11 bits per heavy atom. The van der Waals surface area contributed by atoms with Gasteiger partial charge in [0.05, 0.1) is 12.4 Å². The van der Waals surface area contributed by atoms with Gasteiger partial charge in [0, 0.05) is 6.54 Å². The molecule has 0 saturated heterocycles. The fraction of sp³-hybridized carbons (Fsp3) is 0.357. The lowest BCUT2D eigenvalue weighted by Gasteiger charge is -2.03. The Hall–Kier alpha value is -1.81. The molecular formula is C14H19N3O. The SMILES string of the molecule is CNCCCn1cc(OCc2ccccc2)cn1. The largest absolute Gasteiger partial charge is 0.486 e. The van der Waals surface area contributed by atoms with Crippen LogP contribution in [0, 0.1) is 0 Å². The molecule has 0 aliphatic carbocycles. The van der Waals surface area contributed by atoms with Crippen molar-refractivity contribution >= 4 is 0 Å². The van der Waals surface area contributed by atoms with E-state index < -0.39 is 0 Å². The van der Waals surface area contributed by atoms with Gasteiger partial charge in [-0.2, -0.15) is 5.10 Å². The lowest BCUT2D eigenvalue weighted by Crippen LogP contribution is -2.11. The number of benzene rings is 1. The highest BCUT2D eigenvalue weighted by atomic mass is 16.5. The van der Waals surface area contributed by atoms with Gasteiger partial charge in [-0.1, -0.05) is 30.3 Å². The molecule has 1 aromatic carbocycles. The zero-order valence-corrected chi connectivity index (χ0v) is 10.7. The van der Waals surface area contributed by atoms with E-state index in [9.17, 15) is 0 Å². The normalized spacial score (nSPS) is 10.5. The first kappa shape index (κ1) is 12.6. The van der Waals surface area contributed by atoms with E-state index in [1.807, 2.05) is 36.1 Å². The Morgan fingerprint density at radius 1 is 1.28 bits per heavy atom. The van der Waals surface area contributed by atoms with Gasteiger partial charge >= 0.3 is 0 Å². The van der Waals surface area contributed by atoms with Crippen LogP contribution in [0.4, 0.5) is 0 Å². The monoisotopic (exact) mass is 245 g/mol. The van der Waals surface area contributed by atoms with E-state index in [0.717, 1.165) is 25.3 Å². The van der Waals surface area contributed by atoms with Gasteiger partial charge < -0.3 is 10.1 Å². The van der Waals surface area contributed by atoms with Crippen LogP contribution in [-0.2, 0) is 13.2 Å². The number of rotatable bonds is 7. The van der Waals surface area contributed by atoms with E-state index in [2.05, 4.69) is 22.5 Å². The van der Waals surface area contributed by atoms with Crippen molar-refractivity contribution < 1.29 is 4.74 Å². The minimum atomic E-state index is 0.586. The third kappa shape index (κ3) is 3.89. The molecule has 4 heteroatoms. The third-order valence-corrected chi connectivity index (χ3v) is 2.67. The third-order valence-electron chi connectivity index (χ3n) is 2.67. The Morgan fingerprint density at radius 3 is 2.89 bits per heavy atom. The first-order valence-corrected chi connectivity index (χ1v) is 6.22. The zero-order valence-electron chi connectivity index (χ0n) is 10.7. The van der Waals surface area contributed by atoms with Gasteiger partial charge in [0.15, 0.2) is 5.75 Å². The van der Waals surface area contributed by atoms with Crippen molar-refractivity contribution in [1.82, 2.24) is 15.1 Å². The van der Waals surface area contributed by atoms with Crippen LogP contribution in [0.25, 0.3) is 0 Å². The first-order chi connectivity index (χ1) is 8.88. The molecule has 18 heavy (non-hydrogen) atoms. The van der Waals surface area contributed by atoms with E-state index in [1.165, 1.54) is 5.56 Å². The molecule has 1 N–H and O–H groups in total. The number of aromatic nitrogens is 2. The minimum Gasteiger partial charge on any atom is -0.486 e. The van der Waals surface area contributed by atoms with Crippen molar-refractivity contribution in [2.75, 3.05) is 13.6 Å². The summed E-state index contributed by atoms with van der Waals surface area (Å²) < 4.78 is 7.59. The maximum Gasteiger partial charge on any atom is 0.157 e. The smallest absolute Gasteiger partial charge is 0.157 e. The summed E-state index contributed by atoms with van der Waals surface area (Å²) >= 11 is 0. The van der Waals surface area contributed by atoms with Crippen LogP contribution in [-0.4, -0.2) is 23.4 Å². The average molecular weight is 245 g/mol. The topological polar surface area (TPSA) is 39.1 Å². The second-order valence-corrected chi connectivity index (χ2v) is 4.17. The van der Waals surface area contributed by atoms with Crippen LogP contribution in [0.1, 0.15) is 12.0 Å². The number of aryl methyl sites for hydroxylation is 1. The van der Waals surface area contributed by atoms with Crippen LogP contribution in [0.5, 0.6) is 5.75 Å². The highest BCUT2D eigenvalue weighted by Gasteiger charge is 1.99. The Balaban J connectivity index is 1.80. The number of hydrogen-bond acceptors (Lipinski definition) is 3. The number of ether oxygens (including phenoxy) is 1. The maximum atomic E-state index is 5.68. The molecule has 0 spiro atoms. The predicted octanol–water partition coefficient (Wildman–Crippen LogP) is 2.07. The summed E-state index contributed by atoms with van der Waals surface area (Å²) in [6, 6.07) is 10.1. The van der Waals surface area contributed by atoms with Crippen molar-refractivity contribution in [1.29, 1.82) is 0 Å². The van der Waals surface area contributed by atoms with Crippen LogP contribution >= 0.6 is 0 Å². The summed E-state index contributed by atoms with van der Waals surface area (Å²) in [5, 5.41) is 7.38. The van der Waals surface area contributed by atoms with Gasteiger partial charge in [-0.3, -0.25) is 4.68 Å². The molecule has 0 bridgehead atoms. The highest BCUT2D eigenvalue weighted by molar-refractivity contribution is 5.16. The lowest BCUT2D eigenvalue weighted by atomic mass is 10.2. The van der Waals surface area contributed by atoms with Gasteiger partial charge in [-0.15, -0.1) is 0 Å². The van der Waals surface area contributed by atoms with Crippen LogP contribution in [0.2, 0.25) is 0 Å². The Labute approximate surface area is 108 Å². The van der Waals surface area contributed by atoms with Gasteiger partial charge in [0.25, 0.3) is 0 Å². The summed E-state index contributed by atoms with van der Waals surface area (Å²) in [5.74, 6) is 0.823. The molecule has 2 rings (SSSR count). The van der Waals surface area contributed by atoms with Crippen LogP contribution in [0.3, 0.4) is 0 Å². The average Bonchev–Trinajstić information content (AvgIpc) is 2.86. The molecule has 1 aromatic heterocycles. The fourth-order valence-corrected chi connectivity index (χ4v) is 1.70. The highest BCUT2D eigenvalue weighted by Crippen LogP contribution is 2.11. The number of nitrogens with zero attached hydrogens (tertiary/aromatic N) is 2. The molecule has 4 nitrogen and oxygen atoms in total. The molecule has 2 aromatic rings. The van der Waals surface area contributed by atoms with Gasteiger partial charge in [-0.05, 0) is 25.6 Å². The van der Waals surface area contributed by atoms with Crippen molar-refractivity contribution in [3.8, 4) is 5.75 Å². The van der Waals surface area contributed by atoms with E-state index in [1.54, 1.807) is 6.20 Å². The molecule has 0 fully saturated rings. The standard InChI is InChI=1S/C14H19N3O/c1-15-8-5-9-17-11-14(10-16-17)18-12-13-6-3-2-4-7-13/h2-4,6-7,10-11,15H,5,8-9,12H2,1H3. The molecule has 0 aliphatic rings. The van der Waals surface area contributed by atoms with Crippen molar-refractivity contribution in [2.24, 2.45) is 0 Å². The van der Waals surface area contributed by atoms with Gasteiger partial charge in [-0.25, -0.2) is 0 Å². The van der Waals surface area contributed by atoms with E-state index in [0.29, 0.717) is 6.61 Å². The van der Waals surface area contributed by atoms with Gasteiger partial charge in [0.2, 0.25) is 0 Å². The second-order valence-electron chi connectivity index (χ2n) is 4.17. The molecular weight excluding hydrogens is 226 g/mol. The summed E-state index contributed by atoms with van der Waals surface area (Å²) in [6.07, 6.45) is 4.78. The van der Waals surface area contributed by atoms with E-state index in [4.69, 9.17) is 4.74 Å². The molecule has 0 unspecified atom stereocenters. The van der Waals surface area contributed by atoms with Crippen molar-refractivity contribution in [3.05, 3.63) is 48.3 Å². The van der Waals surface area contributed by atoms with Gasteiger partial charge in [0.1, 0.15) is 6.61 Å².